The summed E-state index contributed by atoms with van der Waals surface area (Å²) in [5.74, 6) is 0.807. The first-order valence-electron chi connectivity index (χ1n) is 9.61. The number of likely N-dealkylation sites (tertiary alicyclic amines) is 1. The molecule has 2 fully saturated rings. The second-order valence-corrected chi connectivity index (χ2v) is 7.81. The van der Waals surface area contributed by atoms with Crippen LogP contribution in [0.3, 0.4) is 0 Å². The summed E-state index contributed by atoms with van der Waals surface area (Å²) < 4.78 is 1.95. The summed E-state index contributed by atoms with van der Waals surface area (Å²) in [6, 6.07) is 8.51. The van der Waals surface area contributed by atoms with Gasteiger partial charge in [-0.05, 0) is 25.3 Å². The Labute approximate surface area is 159 Å². The van der Waals surface area contributed by atoms with Gasteiger partial charge in [-0.15, -0.1) is 0 Å². The van der Waals surface area contributed by atoms with Crippen molar-refractivity contribution in [2.24, 2.45) is 13.0 Å². The zero-order valence-electron chi connectivity index (χ0n) is 16.0. The number of rotatable bonds is 6. The van der Waals surface area contributed by atoms with Crippen molar-refractivity contribution in [2.45, 2.75) is 45.3 Å². The Kier molecular flexibility index (Phi) is 4.72. The predicted octanol–water partition coefficient (Wildman–Crippen LogP) is 2.27. The SMILES string of the molecule is Cc1ccc(CN2CC(C(=O)N(Cc3nccn3C)C3CC3)CC2=O)cc1. The van der Waals surface area contributed by atoms with Crippen LogP contribution in [0.15, 0.2) is 36.7 Å². The molecule has 1 saturated heterocycles. The van der Waals surface area contributed by atoms with E-state index < -0.39 is 0 Å². The van der Waals surface area contributed by atoms with Gasteiger partial charge in [0.2, 0.25) is 11.8 Å². The van der Waals surface area contributed by atoms with E-state index in [9.17, 15) is 9.59 Å². The molecular formula is C21H26N4O2. The number of amides is 2. The number of hydrogen-bond donors (Lipinski definition) is 0. The average Bonchev–Trinajstić information content (AvgIpc) is 3.32. The third kappa shape index (κ3) is 3.89. The monoisotopic (exact) mass is 366 g/mol. The summed E-state index contributed by atoms with van der Waals surface area (Å²) in [5, 5.41) is 0. The van der Waals surface area contributed by atoms with Crippen molar-refractivity contribution in [2.75, 3.05) is 6.54 Å². The standard InChI is InChI=1S/C21H26N4O2/c1-15-3-5-16(6-4-15)12-24-13-17(11-20(24)26)21(27)25(18-7-8-18)14-19-22-9-10-23(19)2/h3-6,9-10,17-18H,7-8,11-14H2,1-2H3. The van der Waals surface area contributed by atoms with Crippen molar-refractivity contribution in [3.63, 3.8) is 0 Å². The average molecular weight is 366 g/mol. The Morgan fingerprint density at radius 3 is 2.63 bits per heavy atom. The molecule has 0 N–H and O–H groups in total. The fourth-order valence-electron chi connectivity index (χ4n) is 3.71. The van der Waals surface area contributed by atoms with Gasteiger partial charge in [-0.2, -0.15) is 0 Å². The fraction of sp³-hybridized carbons (Fsp3) is 0.476. The zero-order chi connectivity index (χ0) is 19.0. The highest BCUT2D eigenvalue weighted by molar-refractivity contribution is 5.89. The summed E-state index contributed by atoms with van der Waals surface area (Å²) >= 11 is 0. The van der Waals surface area contributed by atoms with Crippen LogP contribution in [0.4, 0.5) is 0 Å². The Bertz CT molecular complexity index is 838. The maximum Gasteiger partial charge on any atom is 0.228 e. The predicted molar refractivity (Wildman–Crippen MR) is 101 cm³/mol. The molecule has 2 aromatic rings. The van der Waals surface area contributed by atoms with E-state index in [2.05, 4.69) is 29.2 Å². The van der Waals surface area contributed by atoms with E-state index in [0.717, 1.165) is 24.2 Å². The van der Waals surface area contributed by atoms with Crippen LogP contribution in [-0.2, 0) is 29.7 Å². The maximum absolute atomic E-state index is 13.2. The molecule has 1 atom stereocenters. The van der Waals surface area contributed by atoms with E-state index >= 15 is 0 Å². The highest BCUT2D eigenvalue weighted by Crippen LogP contribution is 2.32. The smallest absolute Gasteiger partial charge is 0.228 e. The number of aromatic nitrogens is 2. The number of carbonyl (C=O) groups is 2. The van der Waals surface area contributed by atoms with Gasteiger partial charge in [0.05, 0.1) is 12.5 Å². The van der Waals surface area contributed by atoms with E-state index in [1.165, 1.54) is 5.56 Å². The first kappa shape index (κ1) is 17.8. The number of carbonyl (C=O) groups excluding carboxylic acids is 2. The summed E-state index contributed by atoms with van der Waals surface area (Å²) in [5.41, 5.74) is 2.31. The highest BCUT2D eigenvalue weighted by atomic mass is 16.2. The maximum atomic E-state index is 13.2. The lowest BCUT2D eigenvalue weighted by Gasteiger charge is -2.25. The van der Waals surface area contributed by atoms with Crippen LogP contribution >= 0.6 is 0 Å². The van der Waals surface area contributed by atoms with E-state index in [-0.39, 0.29) is 17.7 Å². The molecule has 0 radical (unpaired) electrons. The molecule has 1 aromatic heterocycles. The van der Waals surface area contributed by atoms with Crippen LogP contribution in [-0.4, -0.2) is 43.8 Å². The third-order valence-corrected chi connectivity index (χ3v) is 5.56. The Hall–Kier alpha value is -2.63. The molecule has 1 saturated carbocycles. The molecule has 1 aromatic carbocycles. The second kappa shape index (κ2) is 7.18. The third-order valence-electron chi connectivity index (χ3n) is 5.56. The van der Waals surface area contributed by atoms with E-state index in [1.54, 1.807) is 6.20 Å². The molecule has 0 bridgehead atoms. The first-order valence-corrected chi connectivity index (χ1v) is 9.61. The summed E-state index contributed by atoms with van der Waals surface area (Å²) in [6.45, 7) is 3.66. The molecule has 2 aliphatic rings. The topological polar surface area (TPSA) is 58.4 Å². The number of hydrogen-bond acceptors (Lipinski definition) is 3. The lowest BCUT2D eigenvalue weighted by Crippen LogP contribution is -2.39. The van der Waals surface area contributed by atoms with Gasteiger partial charge >= 0.3 is 0 Å². The normalized spacial score (nSPS) is 19.6. The molecule has 2 heterocycles. The molecule has 1 unspecified atom stereocenters. The Morgan fingerprint density at radius 1 is 1.26 bits per heavy atom. The van der Waals surface area contributed by atoms with Gasteiger partial charge in [-0.25, -0.2) is 4.98 Å². The van der Waals surface area contributed by atoms with Crippen LogP contribution in [0.25, 0.3) is 0 Å². The molecule has 6 heteroatoms. The minimum absolute atomic E-state index is 0.0710. The van der Waals surface area contributed by atoms with Gasteiger partial charge < -0.3 is 14.4 Å². The van der Waals surface area contributed by atoms with Gasteiger partial charge in [0.15, 0.2) is 0 Å². The van der Waals surface area contributed by atoms with Crippen molar-refractivity contribution in [3.8, 4) is 0 Å². The van der Waals surface area contributed by atoms with Gasteiger partial charge in [0, 0.05) is 45.0 Å². The summed E-state index contributed by atoms with van der Waals surface area (Å²) in [7, 11) is 1.94. The van der Waals surface area contributed by atoms with Gasteiger partial charge in [-0.1, -0.05) is 29.8 Å². The quantitative estimate of drug-likeness (QED) is 0.788. The van der Waals surface area contributed by atoms with Gasteiger partial charge in [0.25, 0.3) is 0 Å². The van der Waals surface area contributed by atoms with Crippen LogP contribution < -0.4 is 0 Å². The molecular weight excluding hydrogens is 340 g/mol. The lowest BCUT2D eigenvalue weighted by atomic mass is 10.1. The lowest BCUT2D eigenvalue weighted by molar-refractivity contribution is -0.137. The van der Waals surface area contributed by atoms with Crippen LogP contribution in [0.1, 0.15) is 36.2 Å². The molecule has 1 aliphatic heterocycles. The van der Waals surface area contributed by atoms with E-state index in [1.807, 2.05) is 34.5 Å². The Morgan fingerprint density at radius 2 is 2.00 bits per heavy atom. The molecule has 27 heavy (non-hydrogen) atoms. The number of benzene rings is 1. The molecule has 1 aliphatic carbocycles. The van der Waals surface area contributed by atoms with Crippen molar-refractivity contribution in [1.82, 2.24) is 19.4 Å². The summed E-state index contributed by atoms with van der Waals surface area (Å²) in [6.07, 6.45) is 6.06. The van der Waals surface area contributed by atoms with Crippen LogP contribution in [0, 0.1) is 12.8 Å². The molecule has 4 rings (SSSR count). The molecule has 142 valence electrons. The van der Waals surface area contributed by atoms with Crippen molar-refractivity contribution < 1.29 is 9.59 Å². The van der Waals surface area contributed by atoms with E-state index in [0.29, 0.717) is 32.1 Å². The van der Waals surface area contributed by atoms with Gasteiger partial charge in [0.1, 0.15) is 5.82 Å². The minimum atomic E-state index is -0.246. The van der Waals surface area contributed by atoms with E-state index in [4.69, 9.17) is 0 Å². The number of nitrogens with zero attached hydrogens (tertiary/aromatic N) is 4. The zero-order valence-corrected chi connectivity index (χ0v) is 16.0. The van der Waals surface area contributed by atoms with Crippen molar-refractivity contribution in [1.29, 1.82) is 0 Å². The van der Waals surface area contributed by atoms with Gasteiger partial charge in [-0.3, -0.25) is 9.59 Å². The number of aryl methyl sites for hydroxylation is 2. The fourth-order valence-corrected chi connectivity index (χ4v) is 3.71. The molecule has 6 nitrogen and oxygen atoms in total. The molecule has 0 spiro atoms. The molecule has 2 amide bonds. The minimum Gasteiger partial charge on any atom is -0.338 e. The van der Waals surface area contributed by atoms with Crippen molar-refractivity contribution in [3.05, 3.63) is 53.6 Å². The summed E-state index contributed by atoms with van der Waals surface area (Å²) in [4.78, 5) is 33.8. The van der Waals surface area contributed by atoms with Crippen LogP contribution in [0.5, 0.6) is 0 Å². The number of imidazole rings is 1. The van der Waals surface area contributed by atoms with Crippen molar-refractivity contribution >= 4 is 11.8 Å². The largest absolute Gasteiger partial charge is 0.338 e. The highest BCUT2D eigenvalue weighted by Gasteiger charge is 2.41. The second-order valence-electron chi connectivity index (χ2n) is 7.81. The van der Waals surface area contributed by atoms with Crippen LogP contribution in [0.2, 0.25) is 0 Å². The first-order chi connectivity index (χ1) is 13.0. The Balaban J connectivity index is 1.43.